The Bertz CT molecular complexity index is 801. The van der Waals surface area contributed by atoms with Crippen molar-refractivity contribution in [2.45, 2.75) is 24.2 Å². The van der Waals surface area contributed by atoms with E-state index in [1.165, 1.54) is 44.5 Å². The lowest BCUT2D eigenvalue weighted by molar-refractivity contribution is 0.173. The second-order valence-corrected chi connectivity index (χ2v) is 7.96. The van der Waals surface area contributed by atoms with Crippen molar-refractivity contribution in [3.8, 4) is 0 Å². The summed E-state index contributed by atoms with van der Waals surface area (Å²) in [5.41, 5.74) is 0.924. The molecule has 3 N–H and O–H groups in total. The Kier molecular flexibility index (Phi) is 8.44. The van der Waals surface area contributed by atoms with Gasteiger partial charge in [0, 0.05) is 18.3 Å². The van der Waals surface area contributed by atoms with Gasteiger partial charge in [0.2, 0.25) is 0 Å². The lowest BCUT2D eigenvalue weighted by Crippen LogP contribution is -2.31. The first kappa shape index (κ1) is 21.1. The number of anilines is 1. The van der Waals surface area contributed by atoms with Gasteiger partial charge in [-0.25, -0.2) is 8.42 Å². The van der Waals surface area contributed by atoms with Crippen molar-refractivity contribution < 1.29 is 13.5 Å². The van der Waals surface area contributed by atoms with Crippen LogP contribution in [0.2, 0.25) is 0 Å². The normalized spacial score (nSPS) is 14.7. The van der Waals surface area contributed by atoms with E-state index in [0.29, 0.717) is 17.9 Å². The number of aliphatic hydroxyl groups is 1. The average Bonchev–Trinajstić information content (AvgIpc) is 2.70. The van der Waals surface area contributed by atoms with Crippen LogP contribution in [0, 0.1) is 5.41 Å². The fourth-order valence-corrected chi connectivity index (χ4v) is 3.95. The molecule has 0 unspecified atom stereocenters. The number of sulfonamides is 1. The third kappa shape index (κ3) is 6.78. The summed E-state index contributed by atoms with van der Waals surface area (Å²) in [6, 6.07) is 14.9. The van der Waals surface area contributed by atoms with E-state index in [0.717, 1.165) is 12.8 Å². The quantitative estimate of drug-likeness (QED) is 0.662. The zero-order valence-corrected chi connectivity index (χ0v) is 16.2. The number of β-amino-alcohol motifs (C(OH)–C–C–N with tert-alkyl or cyclic N) is 1. The van der Waals surface area contributed by atoms with Gasteiger partial charge in [-0.3, -0.25) is 4.72 Å². The molecule has 1 fully saturated rings. The van der Waals surface area contributed by atoms with Crippen LogP contribution in [0.4, 0.5) is 5.69 Å². The van der Waals surface area contributed by atoms with Crippen LogP contribution in [0.15, 0.2) is 59.5 Å². The van der Waals surface area contributed by atoms with E-state index in [4.69, 9.17) is 10.5 Å². The molecule has 1 heterocycles. The van der Waals surface area contributed by atoms with Gasteiger partial charge in [0.25, 0.3) is 10.0 Å². The van der Waals surface area contributed by atoms with Crippen LogP contribution in [-0.2, 0) is 10.0 Å². The number of benzene rings is 2. The summed E-state index contributed by atoms with van der Waals surface area (Å²) in [6.07, 6.45) is 5.13. The van der Waals surface area contributed by atoms with E-state index in [-0.39, 0.29) is 4.90 Å². The molecule has 2 aromatic rings. The van der Waals surface area contributed by atoms with Crippen molar-refractivity contribution in [1.82, 2.24) is 4.90 Å². The molecule has 0 amide bonds. The van der Waals surface area contributed by atoms with Gasteiger partial charge in [0.1, 0.15) is 0 Å². The number of piperidine rings is 1. The maximum atomic E-state index is 12.1. The van der Waals surface area contributed by atoms with Crippen LogP contribution in [0.25, 0.3) is 0 Å². The van der Waals surface area contributed by atoms with E-state index in [9.17, 15) is 8.42 Å². The molecule has 27 heavy (non-hydrogen) atoms. The summed E-state index contributed by atoms with van der Waals surface area (Å²) in [5, 5.41) is 15.8. The first-order valence-corrected chi connectivity index (χ1v) is 10.6. The molecule has 1 aliphatic rings. The van der Waals surface area contributed by atoms with Crippen LogP contribution in [0.1, 0.15) is 24.8 Å². The van der Waals surface area contributed by atoms with E-state index >= 15 is 0 Å². The van der Waals surface area contributed by atoms with Crippen molar-refractivity contribution in [2.75, 3.05) is 31.0 Å². The van der Waals surface area contributed by atoms with Crippen molar-refractivity contribution in [1.29, 1.82) is 5.41 Å². The highest BCUT2D eigenvalue weighted by molar-refractivity contribution is 7.92. The smallest absolute Gasteiger partial charge is 0.261 e. The molecule has 3 rings (SSSR count). The van der Waals surface area contributed by atoms with E-state index in [1.54, 1.807) is 42.5 Å². The number of para-hydroxylation sites is 1. The zero-order chi connectivity index (χ0) is 19.5. The van der Waals surface area contributed by atoms with E-state index < -0.39 is 10.0 Å². The van der Waals surface area contributed by atoms with Gasteiger partial charge >= 0.3 is 0 Å². The lowest BCUT2D eigenvalue weighted by atomic mass is 10.1. The summed E-state index contributed by atoms with van der Waals surface area (Å²) in [6.45, 7) is 3.58. The van der Waals surface area contributed by atoms with Crippen LogP contribution < -0.4 is 4.72 Å². The number of nitrogens with zero attached hydrogens (tertiary/aromatic N) is 1. The average molecular weight is 390 g/mol. The number of hydrogen-bond donors (Lipinski definition) is 3. The second kappa shape index (κ2) is 10.8. The highest BCUT2D eigenvalue weighted by Crippen LogP contribution is 2.18. The minimum absolute atomic E-state index is 0.199. The molecule has 0 saturated carbocycles. The predicted octanol–water partition coefficient (Wildman–Crippen LogP) is 2.95. The molecule has 0 spiro atoms. The Morgan fingerprint density at radius 2 is 1.63 bits per heavy atom. The maximum Gasteiger partial charge on any atom is 0.261 e. The highest BCUT2D eigenvalue weighted by Gasteiger charge is 2.14. The summed E-state index contributed by atoms with van der Waals surface area (Å²) in [7, 11) is -3.60. The number of likely N-dealkylation sites (tertiary alicyclic amines) is 1. The van der Waals surface area contributed by atoms with Crippen LogP contribution in [-0.4, -0.2) is 50.9 Å². The molecular formula is C20H27N3O3S. The molecule has 0 radical (unpaired) electrons. The minimum atomic E-state index is -3.60. The van der Waals surface area contributed by atoms with Gasteiger partial charge < -0.3 is 15.4 Å². The first-order valence-electron chi connectivity index (χ1n) is 9.07. The van der Waals surface area contributed by atoms with Crippen molar-refractivity contribution in [2.24, 2.45) is 0 Å². The Morgan fingerprint density at radius 3 is 2.26 bits per heavy atom. The first-order chi connectivity index (χ1) is 13.1. The third-order valence-electron chi connectivity index (χ3n) is 4.28. The lowest BCUT2D eigenvalue weighted by Gasteiger charge is -2.25. The predicted molar refractivity (Wildman–Crippen MR) is 109 cm³/mol. The summed E-state index contributed by atoms with van der Waals surface area (Å²) < 4.78 is 26.6. The molecule has 7 heteroatoms. The molecule has 0 aromatic heterocycles. The zero-order valence-electron chi connectivity index (χ0n) is 15.3. The molecular weight excluding hydrogens is 362 g/mol. The Morgan fingerprint density at radius 1 is 1.00 bits per heavy atom. The molecule has 0 aliphatic carbocycles. The van der Waals surface area contributed by atoms with Crippen LogP contribution in [0.5, 0.6) is 0 Å². The van der Waals surface area contributed by atoms with Gasteiger partial charge in [0.05, 0.1) is 17.2 Å². The largest absolute Gasteiger partial charge is 0.395 e. The number of nitrogens with one attached hydrogen (secondary N) is 2. The Balaban J connectivity index is 0.000000244. The number of hydrogen-bond acceptors (Lipinski definition) is 5. The minimum Gasteiger partial charge on any atom is -0.395 e. The van der Waals surface area contributed by atoms with Gasteiger partial charge in [-0.15, -0.1) is 0 Å². The molecule has 146 valence electrons. The topological polar surface area (TPSA) is 93.5 Å². The summed E-state index contributed by atoms with van der Waals surface area (Å²) in [4.78, 5) is 2.52. The number of rotatable bonds is 6. The van der Waals surface area contributed by atoms with Gasteiger partial charge in [-0.2, -0.15) is 0 Å². The standard InChI is InChI=1S/C13H12N2O2S.C7H15NO/c14-10-11-6-4-5-9-13(11)15-18(16,17)12-7-2-1-3-8-12;9-7-6-8-4-2-1-3-5-8/h1-10,14-15H;9H,1-7H2. The second-order valence-electron chi connectivity index (χ2n) is 6.28. The number of aliphatic hydroxyl groups excluding tert-OH is 1. The van der Waals surface area contributed by atoms with Gasteiger partial charge in [-0.1, -0.05) is 42.8 Å². The molecule has 2 aromatic carbocycles. The van der Waals surface area contributed by atoms with Crippen molar-refractivity contribution in [3.63, 3.8) is 0 Å². The molecule has 0 bridgehead atoms. The molecule has 0 atom stereocenters. The SMILES string of the molecule is N=Cc1ccccc1NS(=O)(=O)c1ccccc1.OCCN1CCCCC1. The van der Waals surface area contributed by atoms with E-state index in [1.807, 2.05) is 0 Å². The molecule has 1 aliphatic heterocycles. The van der Waals surface area contributed by atoms with E-state index in [2.05, 4.69) is 9.62 Å². The monoisotopic (exact) mass is 389 g/mol. The van der Waals surface area contributed by atoms with Crippen LogP contribution >= 0.6 is 0 Å². The van der Waals surface area contributed by atoms with Crippen molar-refractivity contribution in [3.05, 3.63) is 60.2 Å². The summed E-state index contributed by atoms with van der Waals surface area (Å²) in [5.74, 6) is 0. The highest BCUT2D eigenvalue weighted by atomic mass is 32.2. The maximum absolute atomic E-state index is 12.1. The third-order valence-corrected chi connectivity index (χ3v) is 5.66. The fraction of sp³-hybridized carbons (Fsp3) is 0.350. The van der Waals surface area contributed by atoms with Crippen LogP contribution in [0.3, 0.4) is 0 Å². The Hall–Kier alpha value is -2.22. The Labute approximate surface area is 161 Å². The van der Waals surface area contributed by atoms with Crippen molar-refractivity contribution >= 4 is 21.9 Å². The molecule has 1 saturated heterocycles. The van der Waals surface area contributed by atoms with Gasteiger partial charge in [-0.05, 0) is 44.1 Å². The van der Waals surface area contributed by atoms with Gasteiger partial charge in [0.15, 0.2) is 0 Å². The fourth-order valence-electron chi connectivity index (χ4n) is 2.84. The molecule has 6 nitrogen and oxygen atoms in total. The summed E-state index contributed by atoms with van der Waals surface area (Å²) >= 11 is 0.